The Morgan fingerprint density at radius 2 is 1.60 bits per heavy atom. The average Bonchev–Trinajstić information content (AvgIpc) is 2.48. The Labute approximate surface area is 94.7 Å². The molecule has 0 aromatic carbocycles. The summed E-state index contributed by atoms with van der Waals surface area (Å²) < 4.78 is 0. The second-order valence-electron chi connectivity index (χ2n) is 5.81. The molecule has 1 saturated carbocycles. The van der Waals surface area contributed by atoms with E-state index in [0.717, 1.165) is 19.5 Å². The van der Waals surface area contributed by atoms with E-state index in [9.17, 15) is 5.11 Å². The topological polar surface area (TPSA) is 23.5 Å². The van der Waals surface area contributed by atoms with E-state index < -0.39 is 0 Å². The Kier molecular flexibility index (Phi) is 5.07. The standard InChI is InChI=1S/C13H27NO/c1-10(2)8-14(9-11(3)4)12-6-5-7-13(12)15/h10-13,15H,5-9H2,1-4H3. The molecule has 0 bridgehead atoms. The molecule has 1 aliphatic carbocycles. The van der Waals surface area contributed by atoms with Crippen LogP contribution in [0.1, 0.15) is 47.0 Å². The zero-order chi connectivity index (χ0) is 11.4. The van der Waals surface area contributed by atoms with Crippen LogP contribution in [0.2, 0.25) is 0 Å². The van der Waals surface area contributed by atoms with Gasteiger partial charge in [-0.05, 0) is 31.1 Å². The number of hydrogen-bond acceptors (Lipinski definition) is 2. The lowest BCUT2D eigenvalue weighted by molar-refractivity contribution is 0.0563. The van der Waals surface area contributed by atoms with E-state index in [1.807, 2.05) is 0 Å². The monoisotopic (exact) mass is 213 g/mol. The highest BCUT2D eigenvalue weighted by Gasteiger charge is 2.30. The van der Waals surface area contributed by atoms with Gasteiger partial charge in [0.2, 0.25) is 0 Å². The van der Waals surface area contributed by atoms with Crippen LogP contribution in [0.3, 0.4) is 0 Å². The van der Waals surface area contributed by atoms with Gasteiger partial charge in [-0.2, -0.15) is 0 Å². The first-order valence-electron chi connectivity index (χ1n) is 6.42. The molecule has 0 aromatic heterocycles. The van der Waals surface area contributed by atoms with Crippen molar-refractivity contribution in [2.45, 2.75) is 59.1 Å². The molecular weight excluding hydrogens is 186 g/mol. The van der Waals surface area contributed by atoms with Crippen molar-refractivity contribution in [1.82, 2.24) is 4.90 Å². The second-order valence-corrected chi connectivity index (χ2v) is 5.81. The van der Waals surface area contributed by atoms with Crippen molar-refractivity contribution in [3.05, 3.63) is 0 Å². The molecule has 2 atom stereocenters. The average molecular weight is 213 g/mol. The van der Waals surface area contributed by atoms with Crippen LogP contribution in [0, 0.1) is 11.8 Å². The first-order chi connectivity index (χ1) is 7.00. The van der Waals surface area contributed by atoms with Crippen molar-refractivity contribution >= 4 is 0 Å². The Hall–Kier alpha value is -0.0800. The Bertz CT molecular complexity index is 169. The molecule has 90 valence electrons. The van der Waals surface area contributed by atoms with Crippen molar-refractivity contribution in [2.75, 3.05) is 13.1 Å². The van der Waals surface area contributed by atoms with Crippen LogP contribution < -0.4 is 0 Å². The molecule has 2 unspecified atom stereocenters. The molecule has 0 radical (unpaired) electrons. The van der Waals surface area contributed by atoms with Crippen LogP contribution in [0.4, 0.5) is 0 Å². The molecule has 1 aliphatic rings. The minimum Gasteiger partial charge on any atom is -0.391 e. The zero-order valence-corrected chi connectivity index (χ0v) is 10.7. The van der Waals surface area contributed by atoms with Gasteiger partial charge in [0.15, 0.2) is 0 Å². The van der Waals surface area contributed by atoms with Gasteiger partial charge in [0, 0.05) is 19.1 Å². The van der Waals surface area contributed by atoms with Gasteiger partial charge in [0.05, 0.1) is 6.10 Å². The number of aliphatic hydroxyl groups is 1. The van der Waals surface area contributed by atoms with E-state index in [-0.39, 0.29) is 6.10 Å². The van der Waals surface area contributed by atoms with Crippen LogP contribution in [-0.2, 0) is 0 Å². The molecular formula is C13H27NO. The summed E-state index contributed by atoms with van der Waals surface area (Å²) in [4.78, 5) is 2.51. The Morgan fingerprint density at radius 3 is 1.93 bits per heavy atom. The fourth-order valence-electron chi connectivity index (χ4n) is 2.63. The summed E-state index contributed by atoms with van der Waals surface area (Å²) in [7, 11) is 0. The molecule has 1 N–H and O–H groups in total. The van der Waals surface area contributed by atoms with Gasteiger partial charge in [-0.1, -0.05) is 27.7 Å². The fraction of sp³-hybridized carbons (Fsp3) is 1.00. The van der Waals surface area contributed by atoms with Gasteiger partial charge in [-0.3, -0.25) is 4.90 Å². The predicted molar refractivity (Wildman–Crippen MR) is 64.9 cm³/mol. The van der Waals surface area contributed by atoms with E-state index in [1.165, 1.54) is 12.8 Å². The molecule has 2 nitrogen and oxygen atoms in total. The minimum absolute atomic E-state index is 0.0810. The van der Waals surface area contributed by atoms with Gasteiger partial charge in [-0.15, -0.1) is 0 Å². The van der Waals surface area contributed by atoms with Gasteiger partial charge in [0.25, 0.3) is 0 Å². The minimum atomic E-state index is -0.0810. The van der Waals surface area contributed by atoms with Crippen LogP contribution in [0.15, 0.2) is 0 Å². The van der Waals surface area contributed by atoms with E-state index in [4.69, 9.17) is 0 Å². The van der Waals surface area contributed by atoms with Gasteiger partial charge >= 0.3 is 0 Å². The third-order valence-corrected chi connectivity index (χ3v) is 3.11. The van der Waals surface area contributed by atoms with Crippen LogP contribution in [0.5, 0.6) is 0 Å². The highest BCUT2D eigenvalue weighted by molar-refractivity contribution is 4.85. The third-order valence-electron chi connectivity index (χ3n) is 3.11. The first kappa shape index (κ1) is 13.0. The van der Waals surface area contributed by atoms with E-state index in [0.29, 0.717) is 17.9 Å². The van der Waals surface area contributed by atoms with Crippen LogP contribution in [0.25, 0.3) is 0 Å². The first-order valence-corrected chi connectivity index (χ1v) is 6.42. The highest BCUT2D eigenvalue weighted by atomic mass is 16.3. The fourth-order valence-corrected chi connectivity index (χ4v) is 2.63. The van der Waals surface area contributed by atoms with Gasteiger partial charge < -0.3 is 5.11 Å². The van der Waals surface area contributed by atoms with Crippen LogP contribution >= 0.6 is 0 Å². The summed E-state index contributed by atoms with van der Waals surface area (Å²) in [6.45, 7) is 11.3. The van der Waals surface area contributed by atoms with E-state index >= 15 is 0 Å². The summed E-state index contributed by atoms with van der Waals surface area (Å²) in [6.07, 6.45) is 3.29. The smallest absolute Gasteiger partial charge is 0.0695 e. The SMILES string of the molecule is CC(C)CN(CC(C)C)C1CCCC1O. The zero-order valence-electron chi connectivity index (χ0n) is 10.7. The third kappa shape index (κ3) is 4.12. The summed E-state index contributed by atoms with van der Waals surface area (Å²) in [5.41, 5.74) is 0. The van der Waals surface area contributed by atoms with E-state index in [2.05, 4.69) is 32.6 Å². The maximum absolute atomic E-state index is 9.94. The molecule has 0 heterocycles. The lowest BCUT2D eigenvalue weighted by Crippen LogP contribution is -2.44. The molecule has 1 rings (SSSR count). The van der Waals surface area contributed by atoms with E-state index in [1.54, 1.807) is 0 Å². The molecule has 0 saturated heterocycles. The quantitative estimate of drug-likeness (QED) is 0.758. The maximum atomic E-state index is 9.94. The van der Waals surface area contributed by atoms with Crippen LogP contribution in [-0.4, -0.2) is 35.2 Å². The Balaban J connectivity index is 2.53. The van der Waals surface area contributed by atoms with Crippen molar-refractivity contribution in [2.24, 2.45) is 11.8 Å². The lowest BCUT2D eigenvalue weighted by Gasteiger charge is -2.33. The van der Waals surface area contributed by atoms with Crippen molar-refractivity contribution < 1.29 is 5.11 Å². The molecule has 0 amide bonds. The summed E-state index contributed by atoms with van der Waals surface area (Å²) in [6, 6.07) is 0.426. The van der Waals surface area contributed by atoms with Gasteiger partial charge in [0.1, 0.15) is 0 Å². The molecule has 0 aliphatic heterocycles. The molecule has 0 spiro atoms. The highest BCUT2D eigenvalue weighted by Crippen LogP contribution is 2.25. The van der Waals surface area contributed by atoms with Gasteiger partial charge in [-0.25, -0.2) is 0 Å². The maximum Gasteiger partial charge on any atom is 0.0695 e. The number of nitrogens with zero attached hydrogens (tertiary/aromatic N) is 1. The summed E-state index contributed by atoms with van der Waals surface area (Å²) >= 11 is 0. The summed E-state index contributed by atoms with van der Waals surface area (Å²) in [5, 5.41) is 9.94. The largest absolute Gasteiger partial charge is 0.391 e. The number of hydrogen-bond donors (Lipinski definition) is 1. The number of rotatable bonds is 5. The second kappa shape index (κ2) is 5.86. The van der Waals surface area contributed by atoms with Crippen molar-refractivity contribution in [3.8, 4) is 0 Å². The molecule has 1 fully saturated rings. The molecule has 2 heteroatoms. The predicted octanol–water partition coefficient (Wildman–Crippen LogP) is 2.51. The van der Waals surface area contributed by atoms with Crippen molar-refractivity contribution in [3.63, 3.8) is 0 Å². The lowest BCUT2D eigenvalue weighted by atomic mass is 10.1. The van der Waals surface area contributed by atoms with Crippen molar-refractivity contribution in [1.29, 1.82) is 0 Å². The Morgan fingerprint density at radius 1 is 1.07 bits per heavy atom. The summed E-state index contributed by atoms with van der Waals surface area (Å²) in [5.74, 6) is 1.38. The number of aliphatic hydroxyl groups excluding tert-OH is 1. The molecule has 15 heavy (non-hydrogen) atoms. The normalized spacial score (nSPS) is 27.2. The molecule has 0 aromatic rings.